The number of carbonyl (C=O) groups is 1. The van der Waals surface area contributed by atoms with Crippen LogP contribution in [0.25, 0.3) is 5.69 Å². The molecule has 1 aromatic heterocycles. The molecule has 2 aliphatic heterocycles. The Bertz CT molecular complexity index is 1120. The quantitative estimate of drug-likeness (QED) is 0.673. The zero-order valence-corrected chi connectivity index (χ0v) is 18.2. The second kappa shape index (κ2) is 7.79. The van der Waals surface area contributed by atoms with Crippen molar-refractivity contribution in [3.05, 3.63) is 82.1 Å². The van der Waals surface area contributed by atoms with Gasteiger partial charge < -0.3 is 10.5 Å². The second-order valence-corrected chi connectivity index (χ2v) is 8.84. The summed E-state index contributed by atoms with van der Waals surface area (Å²) in [7, 11) is 0. The summed E-state index contributed by atoms with van der Waals surface area (Å²) < 4.78 is 8.27. The normalized spacial score (nSPS) is 20.1. The third kappa shape index (κ3) is 3.55. The number of primary amides is 1. The Hall–Kier alpha value is -2.67. The maximum Gasteiger partial charge on any atom is 0.251 e. The number of benzene rings is 2. The van der Waals surface area contributed by atoms with Gasteiger partial charge in [0, 0.05) is 35.9 Å². The molecule has 6 nitrogen and oxygen atoms in total. The van der Waals surface area contributed by atoms with E-state index in [1.54, 1.807) is 6.07 Å². The van der Waals surface area contributed by atoms with Crippen molar-refractivity contribution in [3.63, 3.8) is 0 Å². The number of nitrogens with zero attached hydrogens (tertiary/aromatic N) is 3. The van der Waals surface area contributed by atoms with Gasteiger partial charge in [-0.05, 0) is 55.2 Å². The van der Waals surface area contributed by atoms with Crippen LogP contribution in [0.15, 0.2) is 54.7 Å². The molecule has 160 valence electrons. The number of amides is 1. The minimum Gasteiger partial charge on any atom is -0.367 e. The minimum absolute atomic E-state index is 0.452. The number of rotatable bonds is 4. The van der Waals surface area contributed by atoms with Crippen LogP contribution < -0.4 is 5.73 Å². The fourth-order valence-electron chi connectivity index (χ4n) is 4.84. The number of hydrogen-bond donors (Lipinski definition) is 1. The molecule has 5 rings (SSSR count). The van der Waals surface area contributed by atoms with Gasteiger partial charge in [-0.25, -0.2) is 4.68 Å². The van der Waals surface area contributed by atoms with Crippen LogP contribution in [-0.4, -0.2) is 33.7 Å². The maximum absolute atomic E-state index is 12.0. The van der Waals surface area contributed by atoms with E-state index >= 15 is 0 Å². The molecule has 31 heavy (non-hydrogen) atoms. The van der Waals surface area contributed by atoms with E-state index in [0.717, 1.165) is 55.0 Å². The number of para-hydroxylation sites is 1. The fourth-order valence-corrected chi connectivity index (χ4v) is 5.02. The molecule has 2 aromatic carbocycles. The molecular weight excluding hydrogens is 412 g/mol. The number of nitrogens with two attached hydrogens (primary N) is 1. The highest BCUT2D eigenvalue weighted by molar-refractivity contribution is 6.30. The lowest BCUT2D eigenvalue weighted by Gasteiger charge is -2.39. The van der Waals surface area contributed by atoms with E-state index in [1.807, 2.05) is 41.2 Å². The second-order valence-electron chi connectivity index (χ2n) is 8.40. The molecule has 1 unspecified atom stereocenters. The van der Waals surface area contributed by atoms with Gasteiger partial charge in [0.1, 0.15) is 0 Å². The summed E-state index contributed by atoms with van der Waals surface area (Å²) in [5, 5.41) is 5.24. The molecule has 2 N–H and O–H groups in total. The van der Waals surface area contributed by atoms with Gasteiger partial charge in [0.2, 0.25) is 0 Å². The minimum atomic E-state index is -0.704. The number of hydrogen-bond acceptors (Lipinski definition) is 4. The Balaban J connectivity index is 1.32. The summed E-state index contributed by atoms with van der Waals surface area (Å²) >= 11 is 6.27. The van der Waals surface area contributed by atoms with E-state index in [0.29, 0.717) is 5.02 Å². The predicted octanol–water partition coefficient (Wildman–Crippen LogP) is 3.88. The van der Waals surface area contributed by atoms with Gasteiger partial charge in [0.05, 0.1) is 17.5 Å². The van der Waals surface area contributed by atoms with E-state index in [9.17, 15) is 4.79 Å². The number of piperidine rings is 1. The average Bonchev–Trinajstić information content (AvgIpc) is 3.29. The highest BCUT2D eigenvalue weighted by Crippen LogP contribution is 2.50. The first-order chi connectivity index (χ1) is 15.0. The molecule has 0 radical (unpaired) electrons. The van der Waals surface area contributed by atoms with E-state index in [1.165, 1.54) is 5.56 Å². The van der Waals surface area contributed by atoms with Gasteiger partial charge >= 0.3 is 0 Å². The summed E-state index contributed by atoms with van der Waals surface area (Å²) in [6.07, 6.45) is 2.83. The van der Waals surface area contributed by atoms with Crippen molar-refractivity contribution >= 4 is 17.5 Å². The van der Waals surface area contributed by atoms with E-state index in [4.69, 9.17) is 22.1 Å². The number of carbonyl (C=O) groups excluding carboxylic acids is 1. The molecule has 0 saturated carbocycles. The largest absolute Gasteiger partial charge is 0.367 e. The summed E-state index contributed by atoms with van der Waals surface area (Å²) in [6, 6.07) is 15.8. The number of fused-ring (bicyclic) bond motifs is 2. The van der Waals surface area contributed by atoms with Crippen LogP contribution in [0, 0.1) is 6.92 Å². The van der Waals surface area contributed by atoms with Crippen LogP contribution in [0.3, 0.4) is 0 Å². The van der Waals surface area contributed by atoms with E-state index in [-0.39, 0.29) is 0 Å². The molecule has 0 aliphatic carbocycles. The Morgan fingerprint density at radius 1 is 1.23 bits per heavy atom. The van der Waals surface area contributed by atoms with Gasteiger partial charge in [-0.3, -0.25) is 9.69 Å². The van der Waals surface area contributed by atoms with Gasteiger partial charge in [0.15, 0.2) is 6.10 Å². The number of halogens is 1. The van der Waals surface area contributed by atoms with Crippen LogP contribution in [0.4, 0.5) is 0 Å². The Kier molecular flexibility index (Phi) is 5.08. The fraction of sp³-hybridized carbons (Fsp3) is 0.333. The van der Waals surface area contributed by atoms with Crippen molar-refractivity contribution in [2.45, 2.75) is 38.0 Å². The molecular formula is C24H25ClN4O2. The number of aromatic nitrogens is 2. The van der Waals surface area contributed by atoms with E-state index < -0.39 is 17.6 Å². The summed E-state index contributed by atoms with van der Waals surface area (Å²) in [5.41, 5.74) is 10.4. The third-order valence-electron chi connectivity index (χ3n) is 6.56. The summed E-state index contributed by atoms with van der Waals surface area (Å²) in [6.45, 7) is 4.65. The third-order valence-corrected chi connectivity index (χ3v) is 6.80. The van der Waals surface area contributed by atoms with Crippen molar-refractivity contribution in [2.24, 2.45) is 5.73 Å². The molecule has 1 amide bonds. The highest BCUT2D eigenvalue weighted by Gasteiger charge is 2.48. The lowest BCUT2D eigenvalue weighted by atomic mass is 9.83. The average molecular weight is 437 g/mol. The Morgan fingerprint density at radius 2 is 1.97 bits per heavy atom. The van der Waals surface area contributed by atoms with Crippen LogP contribution in [0.1, 0.15) is 41.3 Å². The van der Waals surface area contributed by atoms with Crippen molar-refractivity contribution in [3.8, 4) is 5.69 Å². The van der Waals surface area contributed by atoms with Crippen LogP contribution in [-0.2, 0) is 21.7 Å². The molecule has 1 fully saturated rings. The zero-order chi connectivity index (χ0) is 21.6. The van der Waals surface area contributed by atoms with Gasteiger partial charge in [0.25, 0.3) is 5.91 Å². The first-order valence-corrected chi connectivity index (χ1v) is 10.9. The highest BCUT2D eigenvalue weighted by atomic mass is 35.5. The lowest BCUT2D eigenvalue weighted by Crippen LogP contribution is -2.42. The maximum atomic E-state index is 12.0. The van der Waals surface area contributed by atoms with E-state index in [2.05, 4.69) is 29.1 Å². The molecule has 3 aromatic rings. The first kappa shape index (κ1) is 20.2. The summed E-state index contributed by atoms with van der Waals surface area (Å²) in [5.74, 6) is -0.452. The number of ether oxygens (including phenoxy) is 1. The van der Waals surface area contributed by atoms with Crippen molar-refractivity contribution in [1.29, 1.82) is 0 Å². The SMILES string of the molecule is Cc1c(CN2CCC3(CC2)OC(C(N)=O)c2ccc(Cl)cc23)cnn1-c1ccccc1. The molecule has 1 spiro atoms. The standard InChI is InChI=1S/C24H25ClN4O2/c1-16-17(14-27-29(16)19-5-3-2-4-6-19)15-28-11-9-24(10-12-28)21-13-18(25)7-8-20(21)22(31-24)23(26)30/h2-8,13-14,22H,9-12,15H2,1H3,(H2,26,30). The van der Waals surface area contributed by atoms with Crippen LogP contribution >= 0.6 is 11.6 Å². The smallest absolute Gasteiger partial charge is 0.251 e. The molecule has 1 saturated heterocycles. The molecule has 1 atom stereocenters. The van der Waals surface area contributed by atoms with Crippen molar-refractivity contribution in [1.82, 2.24) is 14.7 Å². The Labute approximate surface area is 186 Å². The molecule has 0 bridgehead atoms. The van der Waals surface area contributed by atoms with Gasteiger partial charge in [-0.2, -0.15) is 5.10 Å². The Morgan fingerprint density at radius 3 is 2.68 bits per heavy atom. The molecule has 2 aliphatic rings. The van der Waals surface area contributed by atoms with Gasteiger partial charge in [-0.1, -0.05) is 35.9 Å². The lowest BCUT2D eigenvalue weighted by molar-refractivity contribution is -0.148. The van der Waals surface area contributed by atoms with Crippen molar-refractivity contribution < 1.29 is 9.53 Å². The summed E-state index contributed by atoms with van der Waals surface area (Å²) in [4.78, 5) is 14.4. The zero-order valence-electron chi connectivity index (χ0n) is 17.4. The molecule has 3 heterocycles. The first-order valence-electron chi connectivity index (χ1n) is 10.6. The predicted molar refractivity (Wildman–Crippen MR) is 119 cm³/mol. The van der Waals surface area contributed by atoms with Crippen molar-refractivity contribution in [2.75, 3.05) is 13.1 Å². The monoisotopic (exact) mass is 436 g/mol. The van der Waals surface area contributed by atoms with Crippen LogP contribution in [0.2, 0.25) is 5.02 Å². The van der Waals surface area contributed by atoms with Gasteiger partial charge in [-0.15, -0.1) is 0 Å². The molecule has 7 heteroatoms. The topological polar surface area (TPSA) is 73.4 Å². The number of likely N-dealkylation sites (tertiary alicyclic amines) is 1. The van der Waals surface area contributed by atoms with Crippen LogP contribution in [0.5, 0.6) is 0 Å².